The van der Waals surface area contributed by atoms with E-state index >= 15 is 0 Å². The Kier molecular flexibility index (Phi) is 5.73. The van der Waals surface area contributed by atoms with Crippen molar-refractivity contribution in [3.8, 4) is 0 Å². The molecule has 92 valence electrons. The lowest BCUT2D eigenvalue weighted by molar-refractivity contribution is -0.125. The molecule has 0 heterocycles. The molecule has 1 aromatic rings. The molecular weight excluding hydrogens is 236 g/mol. The van der Waals surface area contributed by atoms with Crippen LogP contribution in [0.15, 0.2) is 30.3 Å². The molecule has 0 aromatic heterocycles. The van der Waals surface area contributed by atoms with Crippen molar-refractivity contribution >= 4 is 23.6 Å². The number of nitrogens with zero attached hydrogens (tertiary/aromatic N) is 1. The molecule has 1 rings (SSSR count). The van der Waals surface area contributed by atoms with E-state index in [9.17, 15) is 4.79 Å². The minimum atomic E-state index is -0.0205. The minimum Gasteiger partial charge on any atom is -0.338 e. The summed E-state index contributed by atoms with van der Waals surface area (Å²) in [5, 5.41) is 0.687. The number of nitrogens with two attached hydrogens (primary N) is 1. The Balaban J connectivity index is 2.63. The Labute approximate surface area is 107 Å². The third-order valence-electron chi connectivity index (χ3n) is 2.38. The van der Waals surface area contributed by atoms with Gasteiger partial charge in [-0.05, 0) is 30.7 Å². The van der Waals surface area contributed by atoms with E-state index in [4.69, 9.17) is 17.3 Å². The highest BCUT2D eigenvalue weighted by Gasteiger charge is 2.05. The van der Waals surface area contributed by atoms with Gasteiger partial charge in [0.1, 0.15) is 0 Å². The molecule has 0 aliphatic heterocycles. The molecule has 1 aromatic carbocycles. The number of amides is 1. The summed E-state index contributed by atoms with van der Waals surface area (Å²) in [6.45, 7) is 3.67. The van der Waals surface area contributed by atoms with Crippen LogP contribution < -0.4 is 5.73 Å². The first-order valence-electron chi connectivity index (χ1n) is 5.60. The molecule has 0 saturated carbocycles. The van der Waals surface area contributed by atoms with E-state index in [0.29, 0.717) is 24.7 Å². The van der Waals surface area contributed by atoms with Crippen LogP contribution in [0.1, 0.15) is 12.5 Å². The van der Waals surface area contributed by atoms with Crippen molar-refractivity contribution in [2.75, 3.05) is 19.6 Å². The predicted molar refractivity (Wildman–Crippen MR) is 71.8 cm³/mol. The number of carbonyl (C=O) groups excluding carboxylic acids is 1. The third-order valence-corrected chi connectivity index (χ3v) is 2.63. The monoisotopic (exact) mass is 252 g/mol. The number of likely N-dealkylation sites (N-methyl/N-ethyl adjacent to an activating group) is 1. The summed E-state index contributed by atoms with van der Waals surface area (Å²) in [5.41, 5.74) is 6.38. The summed E-state index contributed by atoms with van der Waals surface area (Å²) in [4.78, 5) is 13.5. The van der Waals surface area contributed by atoms with Crippen LogP contribution in [0.3, 0.4) is 0 Å². The van der Waals surface area contributed by atoms with E-state index in [1.807, 2.05) is 19.1 Å². The summed E-state index contributed by atoms with van der Waals surface area (Å²) in [5.74, 6) is -0.0205. The predicted octanol–water partition coefficient (Wildman–Crippen LogP) is 2.16. The van der Waals surface area contributed by atoms with Crippen molar-refractivity contribution in [3.05, 3.63) is 40.9 Å². The van der Waals surface area contributed by atoms with Gasteiger partial charge in [-0.3, -0.25) is 4.79 Å². The maximum atomic E-state index is 11.8. The quantitative estimate of drug-likeness (QED) is 0.817. The van der Waals surface area contributed by atoms with Crippen LogP contribution in [0.25, 0.3) is 6.08 Å². The average Bonchev–Trinajstić information content (AvgIpc) is 2.35. The van der Waals surface area contributed by atoms with Gasteiger partial charge in [-0.1, -0.05) is 23.7 Å². The summed E-state index contributed by atoms with van der Waals surface area (Å²) in [6.07, 6.45) is 3.33. The highest BCUT2D eigenvalue weighted by atomic mass is 35.5. The average molecular weight is 253 g/mol. The third kappa shape index (κ3) is 4.59. The lowest BCUT2D eigenvalue weighted by atomic mass is 10.2. The highest BCUT2D eigenvalue weighted by molar-refractivity contribution is 6.30. The fourth-order valence-corrected chi connectivity index (χ4v) is 1.55. The van der Waals surface area contributed by atoms with Crippen LogP contribution in [-0.4, -0.2) is 30.4 Å². The van der Waals surface area contributed by atoms with Crippen LogP contribution in [-0.2, 0) is 4.79 Å². The largest absolute Gasteiger partial charge is 0.338 e. The van der Waals surface area contributed by atoms with Crippen molar-refractivity contribution in [3.63, 3.8) is 0 Å². The Morgan fingerprint density at radius 1 is 1.41 bits per heavy atom. The lowest BCUT2D eigenvalue weighted by Gasteiger charge is -2.17. The molecule has 3 nitrogen and oxygen atoms in total. The first-order valence-corrected chi connectivity index (χ1v) is 5.97. The molecule has 1 amide bonds. The van der Waals surface area contributed by atoms with Gasteiger partial charge >= 0.3 is 0 Å². The Bertz CT molecular complexity index is 387. The van der Waals surface area contributed by atoms with E-state index in [0.717, 1.165) is 5.56 Å². The van der Waals surface area contributed by atoms with Crippen LogP contribution >= 0.6 is 11.6 Å². The van der Waals surface area contributed by atoms with Crippen molar-refractivity contribution in [2.45, 2.75) is 6.92 Å². The fourth-order valence-electron chi connectivity index (χ4n) is 1.43. The first kappa shape index (κ1) is 13.7. The fraction of sp³-hybridized carbons (Fsp3) is 0.308. The standard InChI is InChI=1S/C13H17ClN2O/c1-2-16(10-9-15)13(17)8-5-11-3-6-12(14)7-4-11/h3-8H,2,9-10,15H2,1H3/b8-5+. The van der Waals surface area contributed by atoms with Gasteiger partial charge in [0.25, 0.3) is 0 Å². The Morgan fingerprint density at radius 3 is 2.59 bits per heavy atom. The molecule has 4 heteroatoms. The van der Waals surface area contributed by atoms with Gasteiger partial charge in [0.2, 0.25) is 5.91 Å². The maximum Gasteiger partial charge on any atom is 0.246 e. The van der Waals surface area contributed by atoms with Crippen LogP contribution in [0.5, 0.6) is 0 Å². The Morgan fingerprint density at radius 2 is 2.06 bits per heavy atom. The van der Waals surface area contributed by atoms with Gasteiger partial charge in [-0.2, -0.15) is 0 Å². The van der Waals surface area contributed by atoms with Gasteiger partial charge in [0.05, 0.1) is 0 Å². The van der Waals surface area contributed by atoms with E-state index in [1.54, 1.807) is 29.2 Å². The molecule has 17 heavy (non-hydrogen) atoms. The van der Waals surface area contributed by atoms with Crippen molar-refractivity contribution in [1.29, 1.82) is 0 Å². The van der Waals surface area contributed by atoms with Gasteiger partial charge in [-0.15, -0.1) is 0 Å². The second kappa shape index (κ2) is 7.09. The first-order chi connectivity index (χ1) is 8.17. The Hall–Kier alpha value is -1.32. The van der Waals surface area contributed by atoms with E-state index < -0.39 is 0 Å². The topological polar surface area (TPSA) is 46.3 Å². The van der Waals surface area contributed by atoms with Gasteiger partial charge in [-0.25, -0.2) is 0 Å². The van der Waals surface area contributed by atoms with E-state index in [-0.39, 0.29) is 5.91 Å². The zero-order chi connectivity index (χ0) is 12.7. The number of rotatable bonds is 5. The number of halogens is 1. The van der Waals surface area contributed by atoms with E-state index in [2.05, 4.69) is 0 Å². The zero-order valence-electron chi connectivity index (χ0n) is 9.90. The molecular formula is C13H17ClN2O. The number of hydrogen-bond donors (Lipinski definition) is 1. The number of benzene rings is 1. The molecule has 0 atom stereocenters. The smallest absolute Gasteiger partial charge is 0.246 e. The SMILES string of the molecule is CCN(CCN)C(=O)/C=C/c1ccc(Cl)cc1. The summed E-state index contributed by atoms with van der Waals surface area (Å²) in [7, 11) is 0. The van der Waals surface area contributed by atoms with Crippen molar-refractivity contribution in [2.24, 2.45) is 5.73 Å². The van der Waals surface area contributed by atoms with Crippen molar-refractivity contribution in [1.82, 2.24) is 4.90 Å². The molecule has 0 bridgehead atoms. The lowest BCUT2D eigenvalue weighted by Crippen LogP contribution is -2.33. The van der Waals surface area contributed by atoms with Gasteiger partial charge < -0.3 is 10.6 Å². The maximum absolute atomic E-state index is 11.8. The normalized spacial score (nSPS) is 10.8. The van der Waals surface area contributed by atoms with Gasteiger partial charge in [0.15, 0.2) is 0 Å². The molecule has 0 aliphatic rings. The summed E-state index contributed by atoms with van der Waals surface area (Å²) < 4.78 is 0. The zero-order valence-corrected chi connectivity index (χ0v) is 10.7. The molecule has 0 fully saturated rings. The molecule has 0 spiro atoms. The molecule has 0 aliphatic carbocycles. The summed E-state index contributed by atoms with van der Waals surface area (Å²) >= 11 is 5.78. The van der Waals surface area contributed by atoms with Crippen molar-refractivity contribution < 1.29 is 4.79 Å². The van der Waals surface area contributed by atoms with Gasteiger partial charge in [0, 0.05) is 30.7 Å². The molecule has 0 radical (unpaired) electrons. The number of hydrogen-bond acceptors (Lipinski definition) is 2. The minimum absolute atomic E-state index is 0.0205. The van der Waals surface area contributed by atoms with Crippen LogP contribution in [0, 0.1) is 0 Å². The second-order valence-electron chi connectivity index (χ2n) is 3.59. The second-order valence-corrected chi connectivity index (χ2v) is 4.03. The van der Waals surface area contributed by atoms with Crippen LogP contribution in [0.4, 0.5) is 0 Å². The van der Waals surface area contributed by atoms with Crippen LogP contribution in [0.2, 0.25) is 5.02 Å². The molecule has 0 saturated heterocycles. The summed E-state index contributed by atoms with van der Waals surface area (Å²) in [6, 6.07) is 7.32. The van der Waals surface area contributed by atoms with E-state index in [1.165, 1.54) is 0 Å². The number of carbonyl (C=O) groups is 1. The highest BCUT2D eigenvalue weighted by Crippen LogP contribution is 2.10. The molecule has 0 unspecified atom stereocenters. The molecule has 2 N–H and O–H groups in total.